The fourth-order valence-electron chi connectivity index (χ4n) is 9.54. The number of nitrogens with two attached hydrogens (primary N) is 1. The molecule has 10 N–H and O–H groups in total. The minimum absolute atomic E-state index is 0.0185. The number of fused-ring (bicyclic) bond motifs is 1. The van der Waals surface area contributed by atoms with Crippen molar-refractivity contribution in [1.82, 2.24) is 29.7 Å². The van der Waals surface area contributed by atoms with Crippen LogP contribution in [0.4, 0.5) is 17.5 Å². The number of carboxylic acid groups (broad SMARTS) is 1. The summed E-state index contributed by atoms with van der Waals surface area (Å²) in [6.07, 6.45) is 4.52. The predicted octanol–water partition coefficient (Wildman–Crippen LogP) is 5.62. The van der Waals surface area contributed by atoms with Crippen LogP contribution >= 0.6 is 7.82 Å². The zero-order valence-corrected chi connectivity index (χ0v) is 46.4. The van der Waals surface area contributed by atoms with Crippen LogP contribution in [0, 0.1) is 5.92 Å². The van der Waals surface area contributed by atoms with E-state index in [4.69, 9.17) is 29.0 Å². The van der Waals surface area contributed by atoms with Crippen LogP contribution in [-0.4, -0.2) is 158 Å². The number of aliphatic hydroxyl groups is 3. The first-order valence-electron chi connectivity index (χ1n) is 27.3. The smallest absolute Gasteiger partial charge is 0.472 e. The van der Waals surface area contributed by atoms with E-state index in [9.17, 15) is 44.3 Å². The van der Waals surface area contributed by atoms with Gasteiger partial charge in [-0.3, -0.25) is 28.4 Å². The third-order valence-electron chi connectivity index (χ3n) is 14.0. The van der Waals surface area contributed by atoms with E-state index in [0.717, 1.165) is 72.1 Å². The molecule has 2 amide bonds. The number of carbonyl (C=O) groups excluding carboxylic acids is 2. The van der Waals surface area contributed by atoms with Gasteiger partial charge in [0.1, 0.15) is 35.3 Å². The third kappa shape index (κ3) is 18.8. The van der Waals surface area contributed by atoms with Gasteiger partial charge in [0.05, 0.1) is 38.1 Å². The van der Waals surface area contributed by atoms with Gasteiger partial charge in [0.2, 0.25) is 24.1 Å². The number of aliphatic hydroxyl groups excluding tert-OH is 3. The minimum atomic E-state index is -4.58. The second-order valence-electron chi connectivity index (χ2n) is 20.3. The number of aromatic nitrogens is 3. The molecule has 0 bridgehead atoms. The highest BCUT2D eigenvalue weighted by atomic mass is 31.2. The number of carboxylic acids is 1. The summed E-state index contributed by atoms with van der Waals surface area (Å²) < 4.78 is 42.7. The number of carbonyl (C=O) groups is 3. The number of nitrogens with zero attached hydrogens (tertiary/aromatic N) is 5. The molecule has 0 radical (unpaired) electrons. The van der Waals surface area contributed by atoms with E-state index >= 15 is 0 Å². The maximum absolute atomic E-state index is 13.0. The first kappa shape index (κ1) is 61.7. The summed E-state index contributed by atoms with van der Waals surface area (Å²) in [6.45, 7) is 11.3. The van der Waals surface area contributed by atoms with E-state index in [1.807, 2.05) is 19.2 Å². The van der Waals surface area contributed by atoms with Crippen LogP contribution in [0.2, 0.25) is 0 Å². The molecular formula is C54H82N9O14P. The largest absolute Gasteiger partial charge is 0.496 e. The Morgan fingerprint density at radius 1 is 0.821 bits per heavy atom. The monoisotopic (exact) mass is 1110 g/mol. The van der Waals surface area contributed by atoms with Gasteiger partial charge in [0, 0.05) is 77.0 Å². The van der Waals surface area contributed by atoms with Crippen LogP contribution in [-0.2, 0) is 52.4 Å². The molecule has 0 saturated carbocycles. The third-order valence-corrected chi connectivity index (χ3v) is 15.0. The number of anilines is 3. The highest BCUT2D eigenvalue weighted by Gasteiger charge is 2.48. The van der Waals surface area contributed by atoms with Crippen molar-refractivity contribution >= 4 is 54.1 Å². The Morgan fingerprint density at radius 3 is 2.27 bits per heavy atom. The topological polar surface area (TPSA) is 315 Å². The summed E-state index contributed by atoms with van der Waals surface area (Å²) in [5.74, 6) is -0.0578. The maximum atomic E-state index is 13.0. The summed E-state index contributed by atoms with van der Waals surface area (Å²) >= 11 is 0. The van der Waals surface area contributed by atoms with E-state index < -0.39 is 57.0 Å². The number of phosphoric ester groups is 1. The highest BCUT2D eigenvalue weighted by Crippen LogP contribution is 2.44. The fraction of sp³-hybridized carbons (Fsp3) is 0.611. The molecule has 2 unspecified atom stereocenters. The Labute approximate surface area is 456 Å². The number of nitrogen functional groups attached to an aromatic ring is 1. The van der Waals surface area contributed by atoms with Crippen LogP contribution < -0.4 is 31.2 Å². The lowest BCUT2D eigenvalue weighted by molar-refractivity contribution is -0.271. The van der Waals surface area contributed by atoms with Gasteiger partial charge < -0.3 is 65.8 Å². The number of rotatable bonds is 33. The molecule has 78 heavy (non-hydrogen) atoms. The molecule has 4 aromatic rings. The first-order chi connectivity index (χ1) is 37.5. The predicted molar refractivity (Wildman–Crippen MR) is 294 cm³/mol. The molecule has 6 rings (SSSR count). The number of aliphatic carboxylic acids is 1. The van der Waals surface area contributed by atoms with Gasteiger partial charge in [-0.25, -0.2) is 14.3 Å². The van der Waals surface area contributed by atoms with E-state index in [-0.39, 0.29) is 54.8 Å². The zero-order chi connectivity index (χ0) is 56.2. The summed E-state index contributed by atoms with van der Waals surface area (Å²) in [7, 11) is -2.91. The van der Waals surface area contributed by atoms with Crippen molar-refractivity contribution in [3.63, 3.8) is 0 Å². The second-order valence-corrected chi connectivity index (χ2v) is 21.7. The van der Waals surface area contributed by atoms with Crippen molar-refractivity contribution in [2.75, 3.05) is 75.9 Å². The number of unbranched alkanes of at least 4 members (excludes halogenated alkanes) is 5. The lowest BCUT2D eigenvalue weighted by Crippen LogP contribution is -2.61. The minimum Gasteiger partial charge on any atom is -0.496 e. The van der Waals surface area contributed by atoms with E-state index in [2.05, 4.69) is 72.3 Å². The molecule has 0 aliphatic carbocycles. The van der Waals surface area contributed by atoms with Crippen molar-refractivity contribution in [1.29, 1.82) is 0 Å². The maximum Gasteiger partial charge on any atom is 0.472 e. The van der Waals surface area contributed by atoms with Gasteiger partial charge in [0.15, 0.2) is 11.9 Å². The van der Waals surface area contributed by atoms with E-state index in [0.29, 0.717) is 39.1 Å². The number of hydrogen-bond acceptors (Lipinski definition) is 18. The number of nitrogens with one attached hydrogen (secondary N) is 3. The summed E-state index contributed by atoms with van der Waals surface area (Å²) in [4.78, 5) is 60.7. The normalized spacial score (nSPS) is 20.2. The van der Waals surface area contributed by atoms with Crippen LogP contribution in [0.1, 0.15) is 115 Å². The van der Waals surface area contributed by atoms with E-state index in [1.54, 1.807) is 7.11 Å². The summed E-state index contributed by atoms with van der Waals surface area (Å²) in [5, 5.41) is 49.2. The Morgan fingerprint density at radius 2 is 1.55 bits per heavy atom. The van der Waals surface area contributed by atoms with Gasteiger partial charge in [-0.15, -0.1) is 0 Å². The lowest BCUT2D eigenvalue weighted by atomic mass is 9.96. The second kappa shape index (κ2) is 30.8. The average Bonchev–Trinajstić information content (AvgIpc) is 3.93. The Kier molecular flexibility index (Phi) is 24.4. The summed E-state index contributed by atoms with van der Waals surface area (Å²) in [5.41, 5.74) is 10.2. The summed E-state index contributed by atoms with van der Waals surface area (Å²) in [6, 6.07) is 12.3. The van der Waals surface area contributed by atoms with E-state index in [1.165, 1.54) is 63.1 Å². The molecule has 2 aromatic carbocycles. The van der Waals surface area contributed by atoms with Crippen LogP contribution in [0.25, 0.3) is 11.0 Å². The molecular weight excluding hydrogens is 1030 g/mol. The molecule has 2 fully saturated rings. The number of methoxy groups -OCH3 is 1. The molecule has 2 aliphatic rings. The Bertz CT molecular complexity index is 2600. The molecule has 2 aliphatic heterocycles. The number of benzene rings is 2. The average molecular weight is 1110 g/mol. The van der Waals surface area contributed by atoms with Gasteiger partial charge in [-0.1, -0.05) is 90.3 Å². The van der Waals surface area contributed by atoms with Crippen LogP contribution in [0.3, 0.4) is 0 Å². The molecule has 0 spiro atoms. The van der Waals surface area contributed by atoms with Gasteiger partial charge >= 0.3 is 13.8 Å². The van der Waals surface area contributed by atoms with Gasteiger partial charge in [-0.2, -0.15) is 4.98 Å². The van der Waals surface area contributed by atoms with Gasteiger partial charge in [0.25, 0.3) is 0 Å². The van der Waals surface area contributed by atoms with Crippen molar-refractivity contribution in [3.05, 3.63) is 65.4 Å². The zero-order valence-electron chi connectivity index (χ0n) is 45.5. The number of ether oxygens (including phenoxy) is 3. The van der Waals surface area contributed by atoms with Gasteiger partial charge in [-0.05, 0) is 54.2 Å². The highest BCUT2D eigenvalue weighted by molar-refractivity contribution is 7.47. The van der Waals surface area contributed by atoms with Crippen molar-refractivity contribution in [3.8, 4) is 11.5 Å². The number of amides is 2. The number of piperazine rings is 1. The molecule has 4 heterocycles. The quantitative estimate of drug-likeness (QED) is 0.0207. The molecule has 2 aromatic heterocycles. The van der Waals surface area contributed by atoms with Crippen molar-refractivity contribution < 1.29 is 67.5 Å². The molecule has 2 saturated heterocycles. The number of phosphoric acid groups is 1. The number of hydrogen-bond donors (Lipinski definition) is 9. The standard InChI is InChI=1S/C54H82N9O14P/c1-5-7-8-10-14-36(3)15-11-9-12-22-57-51-46-40(59-54(55)60-51)21-24-63(46)34-39-18-16-37(32-43(39)73-4)33-62-27-25-61(26-28-62)29-30-74-78(71,72)75-35-38-17-19-42(41(31-38)58-45(65)20-23-56-44(64)13-6-2)76-53-49(68)47(66)48(67)50(77-53)52(69)70/h16-19,21,24,31-32,36,47-50,53,66-68H,5-15,20,22-23,25-30,33-35H2,1-4H3,(H,56,64)(H,58,65)(H,69,70)(H,71,72)(H3,55,57,59,60)/t36?,47-,48-,49+,50-,53+/m0/s1. The van der Waals surface area contributed by atoms with Crippen molar-refractivity contribution in [2.45, 2.75) is 148 Å². The SMILES string of the molecule is CCCCCCC(C)CCCCCNc1nc(N)nc2ccn(Cc3ccc(CN4CCN(CCOP(=O)(O)OCc5ccc(O[C@@H]6O[C@H](C(=O)O)[C@@H](O)[C@H](O)[C@H]6O)c(NC(=O)CCNC(=O)CCC)c5)CC4)cc3OC)c12. The molecule has 7 atom stereocenters. The van der Waals surface area contributed by atoms with Crippen molar-refractivity contribution in [2.24, 2.45) is 5.92 Å². The molecule has 23 nitrogen and oxygen atoms in total. The molecule has 432 valence electrons. The Hall–Kier alpha value is -5.46. The van der Waals surface area contributed by atoms with Crippen LogP contribution in [0.5, 0.6) is 11.5 Å². The fourth-order valence-corrected chi connectivity index (χ4v) is 10.2. The molecule has 24 heteroatoms. The Balaban J connectivity index is 0.957. The lowest BCUT2D eigenvalue weighted by Gasteiger charge is -2.38. The van der Waals surface area contributed by atoms with Crippen LogP contribution in [0.15, 0.2) is 48.7 Å². The first-order valence-corrected chi connectivity index (χ1v) is 28.8.